The van der Waals surface area contributed by atoms with E-state index in [-0.39, 0.29) is 6.10 Å². The molecule has 0 bridgehead atoms. The molecular weight excluding hydrogens is 256 g/mol. The normalized spacial score (nSPS) is 26.4. The van der Waals surface area contributed by atoms with Crippen molar-refractivity contribution in [1.29, 1.82) is 0 Å². The number of hydrogen-bond acceptors (Lipinski definition) is 4. The Balaban J connectivity index is 1.45. The zero-order chi connectivity index (χ0) is 13.8. The molecule has 0 amide bonds. The summed E-state index contributed by atoms with van der Waals surface area (Å²) in [6.07, 6.45) is 4.70. The molecular formula is C16H22O4. The van der Waals surface area contributed by atoms with Crippen LogP contribution in [-0.2, 0) is 4.74 Å². The smallest absolute Gasteiger partial charge is 0.161 e. The van der Waals surface area contributed by atoms with E-state index in [1.54, 1.807) is 0 Å². The molecule has 2 aliphatic heterocycles. The Labute approximate surface area is 119 Å². The predicted octanol–water partition coefficient (Wildman–Crippen LogP) is 2.54. The lowest BCUT2D eigenvalue weighted by Gasteiger charge is -2.29. The lowest BCUT2D eigenvalue weighted by atomic mass is 10.0. The van der Waals surface area contributed by atoms with E-state index in [9.17, 15) is 5.11 Å². The third kappa shape index (κ3) is 3.25. The first-order valence-corrected chi connectivity index (χ1v) is 7.51. The van der Waals surface area contributed by atoms with Gasteiger partial charge in [-0.3, -0.25) is 0 Å². The van der Waals surface area contributed by atoms with Crippen molar-refractivity contribution in [2.75, 3.05) is 13.2 Å². The first-order chi connectivity index (χ1) is 9.83. The molecule has 20 heavy (non-hydrogen) atoms. The molecule has 0 saturated carbocycles. The number of hydrogen-bond donors (Lipinski definition) is 1. The minimum absolute atomic E-state index is 0.269. The van der Waals surface area contributed by atoms with Crippen LogP contribution >= 0.6 is 0 Å². The monoisotopic (exact) mass is 278 g/mol. The van der Waals surface area contributed by atoms with Gasteiger partial charge in [-0.1, -0.05) is 12.1 Å². The summed E-state index contributed by atoms with van der Waals surface area (Å²) < 4.78 is 17.0. The number of para-hydroxylation sites is 2. The third-order valence-electron chi connectivity index (χ3n) is 4.01. The second-order valence-electron chi connectivity index (χ2n) is 5.55. The highest BCUT2D eigenvalue weighted by molar-refractivity contribution is 5.40. The number of rotatable bonds is 5. The van der Waals surface area contributed by atoms with Crippen LogP contribution in [0.15, 0.2) is 24.3 Å². The van der Waals surface area contributed by atoms with Crippen molar-refractivity contribution in [1.82, 2.24) is 0 Å². The lowest BCUT2D eigenvalue weighted by Crippen LogP contribution is -2.39. The Kier molecular flexibility index (Phi) is 4.43. The highest BCUT2D eigenvalue weighted by atomic mass is 16.6. The van der Waals surface area contributed by atoms with Gasteiger partial charge in [-0.25, -0.2) is 0 Å². The summed E-state index contributed by atoms with van der Waals surface area (Å²) >= 11 is 0. The van der Waals surface area contributed by atoms with Gasteiger partial charge in [0.25, 0.3) is 0 Å². The average molecular weight is 278 g/mol. The van der Waals surface area contributed by atoms with Crippen molar-refractivity contribution < 1.29 is 19.3 Å². The SMILES string of the molecule is OC(CCCC1CCCO1)C1COc2ccccc2O1. The van der Waals surface area contributed by atoms with Crippen molar-refractivity contribution in [3.05, 3.63) is 24.3 Å². The largest absolute Gasteiger partial charge is 0.486 e. The van der Waals surface area contributed by atoms with E-state index >= 15 is 0 Å². The highest BCUT2D eigenvalue weighted by Gasteiger charge is 2.27. The minimum Gasteiger partial charge on any atom is -0.486 e. The van der Waals surface area contributed by atoms with E-state index in [4.69, 9.17) is 14.2 Å². The maximum Gasteiger partial charge on any atom is 0.161 e. The van der Waals surface area contributed by atoms with Gasteiger partial charge in [0.15, 0.2) is 17.6 Å². The van der Waals surface area contributed by atoms with Crippen LogP contribution in [0.5, 0.6) is 11.5 Å². The topological polar surface area (TPSA) is 47.9 Å². The van der Waals surface area contributed by atoms with Crippen LogP contribution in [0.1, 0.15) is 32.1 Å². The van der Waals surface area contributed by atoms with Gasteiger partial charge in [-0.05, 0) is 44.2 Å². The number of benzene rings is 1. The zero-order valence-corrected chi connectivity index (χ0v) is 11.7. The van der Waals surface area contributed by atoms with E-state index in [1.165, 1.54) is 6.42 Å². The van der Waals surface area contributed by atoms with Crippen LogP contribution in [0.25, 0.3) is 0 Å². The van der Waals surface area contributed by atoms with Gasteiger partial charge in [0, 0.05) is 6.61 Å². The molecule has 110 valence electrons. The first kappa shape index (κ1) is 13.7. The van der Waals surface area contributed by atoms with E-state index in [0.717, 1.165) is 43.8 Å². The summed E-state index contributed by atoms with van der Waals surface area (Å²) in [6.45, 7) is 1.31. The van der Waals surface area contributed by atoms with Crippen molar-refractivity contribution in [3.63, 3.8) is 0 Å². The molecule has 0 aliphatic carbocycles. The van der Waals surface area contributed by atoms with Crippen LogP contribution in [0.3, 0.4) is 0 Å². The molecule has 4 nitrogen and oxygen atoms in total. The van der Waals surface area contributed by atoms with Gasteiger partial charge < -0.3 is 19.3 Å². The number of aliphatic hydroxyl groups is 1. The first-order valence-electron chi connectivity index (χ1n) is 7.51. The lowest BCUT2D eigenvalue weighted by molar-refractivity contribution is -0.0161. The van der Waals surface area contributed by atoms with Crippen molar-refractivity contribution >= 4 is 0 Å². The molecule has 1 N–H and O–H groups in total. The van der Waals surface area contributed by atoms with Gasteiger partial charge in [0.05, 0.1) is 12.2 Å². The standard InChI is InChI=1S/C16H22O4/c17-13(7-3-5-12-6-4-10-18-12)16-11-19-14-8-1-2-9-15(14)20-16/h1-2,8-9,12-13,16-17H,3-7,10-11H2. The molecule has 0 radical (unpaired) electrons. The summed E-state index contributed by atoms with van der Waals surface area (Å²) in [5.74, 6) is 1.48. The number of fused-ring (bicyclic) bond motifs is 1. The summed E-state index contributed by atoms with van der Waals surface area (Å²) in [5, 5.41) is 10.2. The minimum atomic E-state index is -0.482. The Bertz CT molecular complexity index is 428. The van der Waals surface area contributed by atoms with E-state index in [2.05, 4.69) is 0 Å². The summed E-state index contributed by atoms with van der Waals surface area (Å²) in [6, 6.07) is 7.59. The molecule has 1 aromatic carbocycles. The molecule has 1 fully saturated rings. The number of aliphatic hydroxyl groups excluding tert-OH is 1. The molecule has 0 aromatic heterocycles. The molecule has 3 atom stereocenters. The quantitative estimate of drug-likeness (QED) is 0.899. The van der Waals surface area contributed by atoms with Crippen molar-refractivity contribution in [2.24, 2.45) is 0 Å². The fraction of sp³-hybridized carbons (Fsp3) is 0.625. The summed E-state index contributed by atoms with van der Waals surface area (Å²) in [4.78, 5) is 0. The van der Waals surface area contributed by atoms with Gasteiger partial charge in [0.2, 0.25) is 0 Å². The average Bonchev–Trinajstić information content (AvgIpc) is 3.00. The molecule has 1 aromatic rings. The van der Waals surface area contributed by atoms with Crippen molar-refractivity contribution in [2.45, 2.75) is 50.4 Å². The van der Waals surface area contributed by atoms with E-state index in [1.807, 2.05) is 24.3 Å². The fourth-order valence-corrected chi connectivity index (χ4v) is 2.84. The van der Waals surface area contributed by atoms with Crippen LogP contribution in [0, 0.1) is 0 Å². The Morgan fingerprint density at radius 1 is 1.25 bits per heavy atom. The van der Waals surface area contributed by atoms with Crippen LogP contribution in [0.2, 0.25) is 0 Å². The van der Waals surface area contributed by atoms with Gasteiger partial charge in [-0.15, -0.1) is 0 Å². The van der Waals surface area contributed by atoms with E-state index in [0.29, 0.717) is 12.7 Å². The molecule has 2 heterocycles. The predicted molar refractivity (Wildman–Crippen MR) is 75.2 cm³/mol. The zero-order valence-electron chi connectivity index (χ0n) is 11.7. The van der Waals surface area contributed by atoms with Gasteiger partial charge in [-0.2, -0.15) is 0 Å². The Hall–Kier alpha value is -1.26. The number of ether oxygens (including phenoxy) is 3. The van der Waals surface area contributed by atoms with Crippen LogP contribution < -0.4 is 9.47 Å². The highest BCUT2D eigenvalue weighted by Crippen LogP contribution is 2.32. The molecule has 1 saturated heterocycles. The second-order valence-corrected chi connectivity index (χ2v) is 5.55. The fourth-order valence-electron chi connectivity index (χ4n) is 2.84. The molecule has 3 unspecified atom stereocenters. The Morgan fingerprint density at radius 3 is 2.90 bits per heavy atom. The van der Waals surface area contributed by atoms with Crippen LogP contribution in [0.4, 0.5) is 0 Å². The molecule has 0 spiro atoms. The van der Waals surface area contributed by atoms with Crippen molar-refractivity contribution in [3.8, 4) is 11.5 Å². The molecule has 2 aliphatic rings. The van der Waals surface area contributed by atoms with Gasteiger partial charge in [0.1, 0.15) is 6.61 Å². The summed E-state index contributed by atoms with van der Waals surface area (Å²) in [7, 11) is 0. The van der Waals surface area contributed by atoms with Gasteiger partial charge >= 0.3 is 0 Å². The second kappa shape index (κ2) is 6.46. The third-order valence-corrected chi connectivity index (χ3v) is 4.01. The Morgan fingerprint density at radius 2 is 2.10 bits per heavy atom. The van der Waals surface area contributed by atoms with Crippen LogP contribution in [-0.4, -0.2) is 36.6 Å². The molecule has 3 rings (SSSR count). The molecule has 4 heteroatoms. The maximum atomic E-state index is 10.2. The summed E-state index contributed by atoms with van der Waals surface area (Å²) in [5.41, 5.74) is 0. The maximum absolute atomic E-state index is 10.2. The van der Waals surface area contributed by atoms with E-state index < -0.39 is 6.10 Å².